The van der Waals surface area contributed by atoms with E-state index in [1.54, 1.807) is 6.92 Å². The zero-order valence-corrected chi connectivity index (χ0v) is 10.2. The fourth-order valence-electron chi connectivity index (χ4n) is 1.76. The Hall–Kier alpha value is -2.24. The van der Waals surface area contributed by atoms with Gasteiger partial charge in [-0.3, -0.25) is 19.7 Å². The van der Waals surface area contributed by atoms with E-state index in [1.807, 2.05) is 0 Å². The van der Waals surface area contributed by atoms with Gasteiger partial charge < -0.3 is 4.74 Å². The highest BCUT2D eigenvalue weighted by molar-refractivity contribution is 6.05. The molecule has 1 saturated heterocycles. The normalized spacial score (nSPS) is 20.0. The minimum absolute atomic E-state index is 0.152. The Balaban J connectivity index is 2.01. The molecule has 19 heavy (non-hydrogen) atoms. The van der Waals surface area contributed by atoms with Crippen LogP contribution in [0.1, 0.15) is 24.8 Å². The number of benzene rings is 1. The summed E-state index contributed by atoms with van der Waals surface area (Å²) < 4.78 is 17.7. The highest BCUT2D eigenvalue weighted by Gasteiger charge is 2.34. The summed E-state index contributed by atoms with van der Waals surface area (Å²) in [4.78, 5) is 34.1. The first kappa shape index (κ1) is 13.2. The van der Waals surface area contributed by atoms with Crippen LogP contribution in [0.4, 0.5) is 4.39 Å². The minimum atomic E-state index is -1.07. The minimum Gasteiger partial charge on any atom is -0.451 e. The first-order valence-corrected chi connectivity index (χ1v) is 5.77. The molecule has 0 aromatic heterocycles. The van der Waals surface area contributed by atoms with E-state index < -0.39 is 35.6 Å². The van der Waals surface area contributed by atoms with Gasteiger partial charge in [0.25, 0.3) is 5.91 Å². The van der Waals surface area contributed by atoms with Crippen molar-refractivity contribution in [1.29, 1.82) is 0 Å². The van der Waals surface area contributed by atoms with Crippen LogP contribution in [0.2, 0.25) is 0 Å². The van der Waals surface area contributed by atoms with E-state index in [2.05, 4.69) is 5.32 Å². The lowest BCUT2D eigenvalue weighted by Crippen LogP contribution is -2.29. The molecule has 2 atom stereocenters. The first-order valence-electron chi connectivity index (χ1n) is 5.77. The van der Waals surface area contributed by atoms with Crippen molar-refractivity contribution in [2.45, 2.75) is 25.4 Å². The number of nitrogens with one attached hydrogen (secondary N) is 1. The van der Waals surface area contributed by atoms with Gasteiger partial charge in [0.05, 0.1) is 12.3 Å². The maximum absolute atomic E-state index is 12.8. The predicted octanol–water partition coefficient (Wildman–Crippen LogP) is 0.887. The molecule has 0 bridgehead atoms. The fraction of sp³-hybridized carbons (Fsp3) is 0.308. The van der Waals surface area contributed by atoms with Crippen molar-refractivity contribution in [2.75, 3.05) is 0 Å². The molecule has 0 aliphatic carbocycles. The second-order valence-electron chi connectivity index (χ2n) is 4.32. The third kappa shape index (κ3) is 2.96. The molecule has 0 saturated carbocycles. The summed E-state index contributed by atoms with van der Waals surface area (Å²) in [6.07, 6.45) is -1.22. The molecular formula is C13H12FNO4. The van der Waals surface area contributed by atoms with E-state index >= 15 is 0 Å². The van der Waals surface area contributed by atoms with Crippen molar-refractivity contribution in [3.8, 4) is 0 Å². The van der Waals surface area contributed by atoms with Crippen LogP contribution in [0.5, 0.6) is 0 Å². The van der Waals surface area contributed by atoms with Gasteiger partial charge in [0.15, 0.2) is 6.10 Å². The number of carbonyl (C=O) groups is 3. The summed E-state index contributed by atoms with van der Waals surface area (Å²) in [5, 5.41) is 2.05. The second kappa shape index (κ2) is 5.17. The molecule has 1 aromatic rings. The summed E-state index contributed by atoms with van der Waals surface area (Å²) in [5.74, 6) is -2.72. The monoisotopic (exact) mass is 265 g/mol. The first-order chi connectivity index (χ1) is 8.97. The number of imide groups is 1. The molecule has 0 radical (unpaired) electrons. The van der Waals surface area contributed by atoms with Crippen LogP contribution in [0.3, 0.4) is 0 Å². The Bertz CT molecular complexity index is 526. The van der Waals surface area contributed by atoms with Crippen LogP contribution in [0.25, 0.3) is 0 Å². The lowest BCUT2D eigenvalue weighted by Gasteiger charge is -2.14. The van der Waals surface area contributed by atoms with Crippen LogP contribution in [-0.2, 0) is 19.1 Å². The van der Waals surface area contributed by atoms with E-state index in [4.69, 9.17) is 4.74 Å². The standard InChI is InChI=1S/C13H12FNO4/c1-7(8-2-4-9(14)5-3-8)13(18)19-10-6-11(16)15-12(10)17/h2-5,7,10H,6H2,1H3,(H,15,16,17). The number of ether oxygens (including phenoxy) is 1. The fourth-order valence-corrected chi connectivity index (χ4v) is 1.76. The van der Waals surface area contributed by atoms with Crippen LogP contribution in [-0.4, -0.2) is 23.9 Å². The molecule has 1 aromatic carbocycles. The molecule has 2 rings (SSSR count). The number of amides is 2. The van der Waals surface area contributed by atoms with Gasteiger partial charge >= 0.3 is 5.97 Å². The van der Waals surface area contributed by atoms with Gasteiger partial charge in [0.1, 0.15) is 5.82 Å². The van der Waals surface area contributed by atoms with Crippen molar-refractivity contribution >= 4 is 17.8 Å². The van der Waals surface area contributed by atoms with E-state index in [9.17, 15) is 18.8 Å². The SMILES string of the molecule is CC(C(=O)OC1CC(=O)NC1=O)c1ccc(F)cc1. The van der Waals surface area contributed by atoms with Crippen molar-refractivity contribution in [1.82, 2.24) is 5.32 Å². The van der Waals surface area contributed by atoms with Crippen LogP contribution < -0.4 is 5.32 Å². The van der Waals surface area contributed by atoms with E-state index in [-0.39, 0.29) is 6.42 Å². The zero-order valence-electron chi connectivity index (χ0n) is 10.2. The average molecular weight is 265 g/mol. The van der Waals surface area contributed by atoms with E-state index in [1.165, 1.54) is 24.3 Å². The van der Waals surface area contributed by atoms with Crippen molar-refractivity contribution in [3.63, 3.8) is 0 Å². The lowest BCUT2D eigenvalue weighted by molar-refractivity contribution is -0.155. The predicted molar refractivity (Wildman–Crippen MR) is 62.5 cm³/mol. The highest BCUT2D eigenvalue weighted by atomic mass is 19.1. The Morgan fingerprint density at radius 3 is 2.53 bits per heavy atom. The average Bonchev–Trinajstić information content (AvgIpc) is 2.68. The van der Waals surface area contributed by atoms with Gasteiger partial charge in [-0.2, -0.15) is 0 Å². The molecule has 1 fully saturated rings. The Morgan fingerprint density at radius 2 is 2.00 bits per heavy atom. The molecule has 1 aliphatic heterocycles. The van der Waals surface area contributed by atoms with Crippen LogP contribution >= 0.6 is 0 Å². The zero-order chi connectivity index (χ0) is 14.0. The van der Waals surface area contributed by atoms with Gasteiger partial charge in [-0.05, 0) is 24.6 Å². The Morgan fingerprint density at radius 1 is 1.37 bits per heavy atom. The summed E-state index contributed by atoms with van der Waals surface area (Å²) in [7, 11) is 0. The van der Waals surface area contributed by atoms with E-state index in [0.717, 1.165) is 0 Å². The molecular weight excluding hydrogens is 253 g/mol. The molecule has 1 heterocycles. The molecule has 0 spiro atoms. The van der Waals surface area contributed by atoms with Gasteiger partial charge in [0, 0.05) is 0 Å². The quantitative estimate of drug-likeness (QED) is 0.650. The maximum Gasteiger partial charge on any atom is 0.313 e. The summed E-state index contributed by atoms with van der Waals surface area (Å²) >= 11 is 0. The van der Waals surface area contributed by atoms with Crippen LogP contribution in [0.15, 0.2) is 24.3 Å². The number of halogens is 1. The summed E-state index contributed by atoms with van der Waals surface area (Å²) in [6.45, 7) is 1.59. The van der Waals surface area contributed by atoms with Crippen molar-refractivity contribution < 1.29 is 23.5 Å². The summed E-state index contributed by atoms with van der Waals surface area (Å²) in [5.41, 5.74) is 0.580. The number of esters is 1. The molecule has 2 unspecified atom stereocenters. The molecule has 2 amide bonds. The Kier molecular flexibility index (Phi) is 3.59. The second-order valence-corrected chi connectivity index (χ2v) is 4.32. The number of hydrogen-bond donors (Lipinski definition) is 1. The van der Waals surface area contributed by atoms with Gasteiger partial charge in [0.2, 0.25) is 5.91 Å². The number of rotatable bonds is 3. The molecule has 6 heteroatoms. The van der Waals surface area contributed by atoms with Crippen LogP contribution in [0, 0.1) is 5.82 Å². The Labute approximate surface area is 108 Å². The van der Waals surface area contributed by atoms with E-state index in [0.29, 0.717) is 5.56 Å². The number of hydrogen-bond acceptors (Lipinski definition) is 4. The van der Waals surface area contributed by atoms with Crippen molar-refractivity contribution in [3.05, 3.63) is 35.6 Å². The third-order valence-electron chi connectivity index (χ3n) is 2.91. The maximum atomic E-state index is 12.8. The smallest absolute Gasteiger partial charge is 0.313 e. The summed E-state index contributed by atoms with van der Waals surface area (Å²) in [6, 6.07) is 5.43. The number of carbonyl (C=O) groups excluding carboxylic acids is 3. The van der Waals surface area contributed by atoms with Crippen molar-refractivity contribution in [2.24, 2.45) is 0 Å². The topological polar surface area (TPSA) is 72.5 Å². The molecule has 5 nitrogen and oxygen atoms in total. The molecule has 100 valence electrons. The molecule has 1 aliphatic rings. The highest BCUT2D eigenvalue weighted by Crippen LogP contribution is 2.19. The molecule has 1 N–H and O–H groups in total. The van der Waals surface area contributed by atoms with Gasteiger partial charge in [-0.1, -0.05) is 12.1 Å². The largest absolute Gasteiger partial charge is 0.451 e. The third-order valence-corrected chi connectivity index (χ3v) is 2.91. The van der Waals surface area contributed by atoms with Gasteiger partial charge in [-0.15, -0.1) is 0 Å². The lowest BCUT2D eigenvalue weighted by atomic mass is 10.0. The van der Waals surface area contributed by atoms with Gasteiger partial charge in [-0.25, -0.2) is 4.39 Å².